The monoisotopic (exact) mass is 519 g/mol. The number of benzene rings is 2. The number of nitrogens with zero attached hydrogens (tertiary/aromatic N) is 2. The quantitative estimate of drug-likeness (QED) is 0.160. The van der Waals surface area contributed by atoms with Crippen molar-refractivity contribution in [1.29, 1.82) is 0 Å². The third-order valence-electron chi connectivity index (χ3n) is 7.78. The summed E-state index contributed by atoms with van der Waals surface area (Å²) in [5.74, 6) is 0.999. The van der Waals surface area contributed by atoms with E-state index in [1.165, 1.54) is 56.4 Å². The van der Waals surface area contributed by atoms with Gasteiger partial charge in [0.05, 0.1) is 0 Å². The van der Waals surface area contributed by atoms with Gasteiger partial charge in [0.25, 0.3) is 0 Å². The second kappa shape index (κ2) is 11.6. The molecule has 0 atom stereocenters. The number of unbranched alkanes of at least 4 members (excludes halogenated alkanes) is 1. The molecule has 5 nitrogen and oxygen atoms in total. The van der Waals surface area contributed by atoms with Gasteiger partial charge >= 0.3 is 0 Å². The van der Waals surface area contributed by atoms with Crippen molar-refractivity contribution in [2.75, 3.05) is 13.1 Å². The number of aromatic amines is 2. The van der Waals surface area contributed by atoms with Gasteiger partial charge < -0.3 is 15.3 Å². The zero-order chi connectivity index (χ0) is 27.4. The van der Waals surface area contributed by atoms with Gasteiger partial charge in [-0.3, -0.25) is 4.98 Å². The lowest BCUT2D eigenvalue weighted by molar-refractivity contribution is 0.598. The average Bonchev–Trinajstić information content (AvgIpc) is 3.52. The lowest BCUT2D eigenvalue weighted by atomic mass is 9.83. The fourth-order valence-corrected chi connectivity index (χ4v) is 5.59. The van der Waals surface area contributed by atoms with Crippen molar-refractivity contribution in [3.8, 4) is 11.3 Å². The summed E-state index contributed by atoms with van der Waals surface area (Å²) in [6.07, 6.45) is 10.1. The summed E-state index contributed by atoms with van der Waals surface area (Å²) in [6.45, 7) is 12.9. The minimum absolute atomic E-state index is 0.219. The van der Waals surface area contributed by atoms with E-state index in [1.807, 2.05) is 24.7 Å². The second-order valence-corrected chi connectivity index (χ2v) is 11.5. The van der Waals surface area contributed by atoms with Gasteiger partial charge in [-0.1, -0.05) is 29.3 Å². The molecule has 5 heteroatoms. The third-order valence-corrected chi connectivity index (χ3v) is 7.78. The fraction of sp³-hybridized carbons (Fsp3) is 0.353. The van der Waals surface area contributed by atoms with Crippen molar-refractivity contribution in [3.05, 3.63) is 106 Å². The van der Waals surface area contributed by atoms with E-state index in [0.29, 0.717) is 0 Å². The smallest absolute Gasteiger partial charge is 0.116 e. The average molecular weight is 520 g/mol. The van der Waals surface area contributed by atoms with Crippen molar-refractivity contribution in [2.24, 2.45) is 0 Å². The summed E-state index contributed by atoms with van der Waals surface area (Å²) < 4.78 is 0. The van der Waals surface area contributed by atoms with Gasteiger partial charge in [-0.25, -0.2) is 4.98 Å². The lowest BCUT2D eigenvalue weighted by Gasteiger charge is -2.23. The Hall–Kier alpha value is -3.70. The maximum Gasteiger partial charge on any atom is 0.116 e. The first-order valence-corrected chi connectivity index (χ1v) is 14.2. The zero-order valence-corrected chi connectivity index (χ0v) is 24.0. The number of pyridine rings is 1. The zero-order valence-electron chi connectivity index (χ0n) is 24.0. The normalized spacial score (nSPS) is 11.9. The number of aromatic nitrogens is 4. The molecule has 0 bridgehead atoms. The number of H-pyrrole nitrogens is 2. The van der Waals surface area contributed by atoms with Crippen LogP contribution in [0.15, 0.2) is 67.1 Å². The highest BCUT2D eigenvalue weighted by Crippen LogP contribution is 2.36. The molecule has 5 aromatic rings. The van der Waals surface area contributed by atoms with E-state index in [1.54, 1.807) is 0 Å². The molecule has 0 aliphatic rings. The summed E-state index contributed by atoms with van der Waals surface area (Å²) >= 11 is 0. The van der Waals surface area contributed by atoms with E-state index >= 15 is 0 Å². The molecule has 0 unspecified atom stereocenters. The van der Waals surface area contributed by atoms with Crippen LogP contribution < -0.4 is 5.32 Å². The summed E-state index contributed by atoms with van der Waals surface area (Å²) in [4.78, 5) is 16.1. The molecule has 0 aliphatic heterocycles. The number of fused-ring (bicyclic) bond motifs is 1. The van der Waals surface area contributed by atoms with Crippen molar-refractivity contribution >= 4 is 10.9 Å². The molecule has 0 fully saturated rings. The maximum absolute atomic E-state index is 4.67. The van der Waals surface area contributed by atoms with Crippen LogP contribution in [0.5, 0.6) is 0 Å². The molecule has 0 amide bonds. The Bertz CT molecular complexity index is 1520. The van der Waals surface area contributed by atoms with Crippen LogP contribution in [0.2, 0.25) is 0 Å². The Kier molecular flexibility index (Phi) is 7.99. The molecule has 0 saturated heterocycles. The summed E-state index contributed by atoms with van der Waals surface area (Å²) in [5, 5.41) is 5.01. The van der Waals surface area contributed by atoms with Crippen LogP contribution in [-0.4, -0.2) is 33.0 Å². The number of hydrogen-bond acceptors (Lipinski definition) is 3. The highest BCUT2D eigenvalue weighted by Gasteiger charge is 2.27. The number of rotatable bonds is 11. The first-order valence-electron chi connectivity index (χ1n) is 14.2. The fourth-order valence-electron chi connectivity index (χ4n) is 5.59. The molecular formula is C34H41N5. The van der Waals surface area contributed by atoms with Crippen LogP contribution in [0, 0.1) is 20.8 Å². The van der Waals surface area contributed by atoms with Crippen LogP contribution >= 0.6 is 0 Å². The van der Waals surface area contributed by atoms with Crippen molar-refractivity contribution in [2.45, 2.75) is 65.7 Å². The molecule has 3 N–H and O–H groups in total. The summed E-state index contributed by atoms with van der Waals surface area (Å²) in [6, 6.07) is 17.9. The molecule has 0 radical (unpaired) electrons. The van der Waals surface area contributed by atoms with Crippen LogP contribution in [0.1, 0.15) is 66.0 Å². The Morgan fingerprint density at radius 3 is 2.38 bits per heavy atom. The highest BCUT2D eigenvalue weighted by atomic mass is 14.9. The Labute approximate surface area is 232 Å². The van der Waals surface area contributed by atoms with Crippen molar-refractivity contribution < 1.29 is 0 Å². The van der Waals surface area contributed by atoms with E-state index in [2.05, 4.69) is 102 Å². The van der Waals surface area contributed by atoms with Gasteiger partial charge in [0.1, 0.15) is 5.82 Å². The van der Waals surface area contributed by atoms with Crippen LogP contribution in [0.3, 0.4) is 0 Å². The van der Waals surface area contributed by atoms with Crippen LogP contribution in [0.25, 0.3) is 22.2 Å². The van der Waals surface area contributed by atoms with E-state index in [4.69, 9.17) is 0 Å². The summed E-state index contributed by atoms with van der Waals surface area (Å²) in [7, 11) is 0. The minimum Gasteiger partial charge on any atom is -0.354 e. The molecule has 5 rings (SSSR count). The standard InChI is InChI=1S/C34H41N5/c1-23-17-24(2)19-27(18-23)32-29(13-16-35-14-7-6-9-26-10-8-15-36-22-26)30-20-28(11-12-31(30)39-32)34(4,5)33-37-21-25(3)38-33/h8,10-12,15,17-22,35,39H,6-7,9,13-14,16H2,1-5H3,(H,37,38). The number of hydrogen-bond donors (Lipinski definition) is 3. The van der Waals surface area contributed by atoms with Crippen molar-refractivity contribution in [3.63, 3.8) is 0 Å². The molecule has 202 valence electrons. The van der Waals surface area contributed by atoms with Gasteiger partial charge in [-0.05, 0) is 126 Å². The van der Waals surface area contributed by atoms with Gasteiger partial charge in [-0.15, -0.1) is 0 Å². The molecule has 2 aromatic carbocycles. The predicted molar refractivity (Wildman–Crippen MR) is 162 cm³/mol. The van der Waals surface area contributed by atoms with Crippen molar-refractivity contribution in [1.82, 2.24) is 25.3 Å². The Balaban J connectivity index is 1.38. The van der Waals surface area contributed by atoms with Crippen LogP contribution in [-0.2, 0) is 18.3 Å². The largest absolute Gasteiger partial charge is 0.354 e. The number of aryl methyl sites for hydroxylation is 4. The molecule has 0 saturated carbocycles. The van der Waals surface area contributed by atoms with E-state index in [0.717, 1.165) is 43.9 Å². The predicted octanol–water partition coefficient (Wildman–Crippen LogP) is 7.36. The molecule has 0 aliphatic carbocycles. The first kappa shape index (κ1) is 26.9. The molecule has 39 heavy (non-hydrogen) atoms. The first-order chi connectivity index (χ1) is 18.8. The second-order valence-electron chi connectivity index (χ2n) is 11.5. The molecule has 3 aromatic heterocycles. The molecular weight excluding hydrogens is 478 g/mol. The number of nitrogens with one attached hydrogen (secondary N) is 3. The van der Waals surface area contributed by atoms with Gasteiger partial charge in [0, 0.05) is 46.3 Å². The van der Waals surface area contributed by atoms with Crippen LogP contribution in [0.4, 0.5) is 0 Å². The van der Waals surface area contributed by atoms with Gasteiger partial charge in [0.2, 0.25) is 0 Å². The topological polar surface area (TPSA) is 69.4 Å². The lowest BCUT2D eigenvalue weighted by Crippen LogP contribution is -2.21. The molecule has 3 heterocycles. The number of imidazole rings is 1. The summed E-state index contributed by atoms with van der Waals surface area (Å²) in [5.41, 5.74) is 11.1. The minimum atomic E-state index is -0.219. The van der Waals surface area contributed by atoms with E-state index in [-0.39, 0.29) is 5.41 Å². The molecule has 0 spiro atoms. The maximum atomic E-state index is 4.67. The highest BCUT2D eigenvalue weighted by molar-refractivity contribution is 5.91. The third kappa shape index (κ3) is 6.15. The van der Waals surface area contributed by atoms with Gasteiger partial charge in [-0.2, -0.15) is 0 Å². The van der Waals surface area contributed by atoms with Gasteiger partial charge in [0.15, 0.2) is 0 Å². The van der Waals surface area contributed by atoms with E-state index in [9.17, 15) is 0 Å². The Morgan fingerprint density at radius 1 is 0.846 bits per heavy atom. The SMILES string of the molecule is Cc1cc(C)cc(-c2[nH]c3ccc(C(C)(C)c4ncc(C)[nH]4)cc3c2CCNCCCCc2cccnc2)c1. The van der Waals surface area contributed by atoms with E-state index < -0.39 is 0 Å². The Morgan fingerprint density at radius 2 is 1.67 bits per heavy atom.